The molecule has 6 heteroatoms. The fraction of sp³-hybridized carbons (Fsp3) is 0.133. The van der Waals surface area contributed by atoms with Gasteiger partial charge in [-0.3, -0.25) is 0 Å². The highest BCUT2D eigenvalue weighted by Crippen LogP contribution is 2.32. The molecule has 0 aliphatic carbocycles. The summed E-state index contributed by atoms with van der Waals surface area (Å²) in [5, 5.41) is 0. The van der Waals surface area contributed by atoms with E-state index in [1.54, 1.807) is 42.5 Å². The van der Waals surface area contributed by atoms with Crippen LogP contribution in [-0.2, 0) is 6.61 Å². The minimum atomic E-state index is -1.07. The zero-order chi connectivity index (χ0) is 25.7. The fourth-order valence-electron chi connectivity index (χ4n) is 3.66. The molecular formula is C30H24F4O2. The summed E-state index contributed by atoms with van der Waals surface area (Å²) in [5.41, 5.74) is 2.91. The average Bonchev–Trinajstić information content (AvgIpc) is 2.89. The molecule has 0 aliphatic heterocycles. The standard InChI is InChI=1S/C30H24F4O2/c1-3-4-17-35-25-15-13-24(27(31)29(25)33)22-11-7-20(8-12-22)18-36-26-16-14-23(28(32)30(26)34)21-9-5-19(2)6-10-21/h3,5-16H,1,4,17-18H2,2H3. The Bertz CT molecular complexity index is 1360. The summed E-state index contributed by atoms with van der Waals surface area (Å²) in [6.45, 7) is 5.64. The minimum absolute atomic E-state index is 0.0343. The normalized spacial score (nSPS) is 10.8. The van der Waals surface area contributed by atoms with E-state index in [0.717, 1.165) is 5.56 Å². The highest BCUT2D eigenvalue weighted by molar-refractivity contribution is 5.66. The first kappa shape index (κ1) is 25.0. The second-order valence-corrected chi connectivity index (χ2v) is 8.26. The monoisotopic (exact) mass is 492 g/mol. The van der Waals surface area contributed by atoms with Gasteiger partial charge >= 0.3 is 0 Å². The van der Waals surface area contributed by atoms with Crippen molar-refractivity contribution >= 4 is 0 Å². The fourth-order valence-corrected chi connectivity index (χ4v) is 3.66. The Balaban J connectivity index is 1.45. The van der Waals surface area contributed by atoms with Gasteiger partial charge in [0.25, 0.3) is 0 Å². The molecule has 0 fully saturated rings. The third kappa shape index (κ3) is 5.43. The van der Waals surface area contributed by atoms with Crippen LogP contribution in [0.2, 0.25) is 0 Å². The van der Waals surface area contributed by atoms with Gasteiger partial charge < -0.3 is 9.47 Å². The molecule has 4 aromatic rings. The summed E-state index contributed by atoms with van der Waals surface area (Å²) >= 11 is 0. The van der Waals surface area contributed by atoms with E-state index in [2.05, 4.69) is 6.58 Å². The quantitative estimate of drug-likeness (QED) is 0.133. The van der Waals surface area contributed by atoms with Crippen LogP contribution in [-0.4, -0.2) is 6.61 Å². The van der Waals surface area contributed by atoms with E-state index in [9.17, 15) is 17.6 Å². The molecule has 0 aliphatic rings. The van der Waals surface area contributed by atoms with Crippen molar-refractivity contribution < 1.29 is 27.0 Å². The molecule has 0 spiro atoms. The molecule has 0 amide bonds. The second-order valence-electron chi connectivity index (χ2n) is 8.26. The molecular weight excluding hydrogens is 468 g/mol. The van der Waals surface area contributed by atoms with Crippen molar-refractivity contribution in [2.75, 3.05) is 6.61 Å². The van der Waals surface area contributed by atoms with Crippen LogP contribution in [0.3, 0.4) is 0 Å². The maximum atomic E-state index is 14.7. The van der Waals surface area contributed by atoms with Gasteiger partial charge in [-0.25, -0.2) is 8.78 Å². The number of hydrogen-bond donors (Lipinski definition) is 0. The van der Waals surface area contributed by atoms with Crippen molar-refractivity contribution in [2.24, 2.45) is 0 Å². The Morgan fingerprint density at radius 3 is 1.67 bits per heavy atom. The molecule has 4 rings (SSSR count). The van der Waals surface area contributed by atoms with Gasteiger partial charge in [0.2, 0.25) is 11.6 Å². The maximum absolute atomic E-state index is 14.7. The predicted octanol–water partition coefficient (Wildman–Crippen LogP) is 8.42. The number of ether oxygens (including phenoxy) is 2. The first-order valence-corrected chi connectivity index (χ1v) is 11.4. The molecule has 0 radical (unpaired) electrons. The number of aryl methyl sites for hydroxylation is 1. The lowest BCUT2D eigenvalue weighted by molar-refractivity contribution is 0.285. The summed E-state index contributed by atoms with van der Waals surface area (Å²) in [5.74, 6) is -4.51. The highest BCUT2D eigenvalue weighted by atomic mass is 19.2. The lowest BCUT2D eigenvalue weighted by Crippen LogP contribution is -2.01. The third-order valence-electron chi connectivity index (χ3n) is 5.70. The zero-order valence-corrected chi connectivity index (χ0v) is 19.7. The lowest BCUT2D eigenvalue weighted by atomic mass is 10.0. The SMILES string of the molecule is C=CCCOc1ccc(-c2ccc(COc3ccc(-c4ccc(C)cc4)c(F)c3F)cc2)c(F)c1F. The van der Waals surface area contributed by atoms with E-state index in [1.807, 2.05) is 19.1 Å². The molecule has 184 valence electrons. The van der Waals surface area contributed by atoms with Crippen LogP contribution in [0.1, 0.15) is 17.5 Å². The average molecular weight is 493 g/mol. The van der Waals surface area contributed by atoms with Gasteiger partial charge in [-0.05, 0) is 54.3 Å². The van der Waals surface area contributed by atoms with Gasteiger partial charge in [-0.15, -0.1) is 6.58 Å². The van der Waals surface area contributed by atoms with Gasteiger partial charge in [-0.2, -0.15) is 8.78 Å². The zero-order valence-electron chi connectivity index (χ0n) is 19.7. The van der Waals surface area contributed by atoms with Gasteiger partial charge in [0.15, 0.2) is 23.1 Å². The second kappa shape index (κ2) is 11.1. The summed E-state index contributed by atoms with van der Waals surface area (Å²) in [4.78, 5) is 0. The largest absolute Gasteiger partial charge is 0.490 e. The van der Waals surface area contributed by atoms with E-state index in [1.165, 1.54) is 24.3 Å². The van der Waals surface area contributed by atoms with Crippen LogP contribution < -0.4 is 9.47 Å². The molecule has 4 aromatic carbocycles. The smallest absolute Gasteiger partial charge is 0.201 e. The van der Waals surface area contributed by atoms with E-state index in [0.29, 0.717) is 23.1 Å². The summed E-state index contributed by atoms with van der Waals surface area (Å²) < 4.78 is 69.0. The summed E-state index contributed by atoms with van der Waals surface area (Å²) in [7, 11) is 0. The molecule has 0 unspecified atom stereocenters. The van der Waals surface area contributed by atoms with E-state index in [-0.39, 0.29) is 35.8 Å². The van der Waals surface area contributed by atoms with Crippen LogP contribution >= 0.6 is 0 Å². The Labute approximate surface area is 207 Å². The van der Waals surface area contributed by atoms with Crippen LogP contribution in [0.5, 0.6) is 11.5 Å². The first-order chi connectivity index (χ1) is 17.4. The van der Waals surface area contributed by atoms with E-state index >= 15 is 0 Å². The maximum Gasteiger partial charge on any atom is 0.201 e. The van der Waals surface area contributed by atoms with Gasteiger partial charge in [-0.1, -0.05) is 60.2 Å². The molecule has 36 heavy (non-hydrogen) atoms. The minimum Gasteiger partial charge on any atom is -0.490 e. The van der Waals surface area contributed by atoms with Gasteiger partial charge in [0.05, 0.1) is 6.61 Å². The molecule has 2 nitrogen and oxygen atoms in total. The van der Waals surface area contributed by atoms with Crippen LogP contribution in [0, 0.1) is 30.2 Å². The Morgan fingerprint density at radius 1 is 0.639 bits per heavy atom. The number of hydrogen-bond acceptors (Lipinski definition) is 2. The van der Waals surface area contributed by atoms with Crippen molar-refractivity contribution in [2.45, 2.75) is 20.0 Å². The molecule has 0 saturated carbocycles. The number of halogens is 4. The Hall–Kier alpha value is -4.06. The molecule has 0 heterocycles. The number of rotatable bonds is 9. The van der Waals surface area contributed by atoms with Crippen molar-refractivity contribution in [3.8, 4) is 33.8 Å². The topological polar surface area (TPSA) is 18.5 Å². The van der Waals surface area contributed by atoms with Crippen molar-refractivity contribution in [1.29, 1.82) is 0 Å². The van der Waals surface area contributed by atoms with Crippen molar-refractivity contribution in [3.05, 3.63) is 120 Å². The van der Waals surface area contributed by atoms with Crippen molar-refractivity contribution in [1.82, 2.24) is 0 Å². The molecule has 0 aromatic heterocycles. The first-order valence-electron chi connectivity index (χ1n) is 11.4. The lowest BCUT2D eigenvalue weighted by Gasteiger charge is -2.12. The third-order valence-corrected chi connectivity index (χ3v) is 5.70. The predicted molar refractivity (Wildman–Crippen MR) is 133 cm³/mol. The highest BCUT2D eigenvalue weighted by Gasteiger charge is 2.17. The molecule has 0 atom stereocenters. The van der Waals surface area contributed by atoms with Gasteiger partial charge in [0, 0.05) is 11.1 Å². The molecule has 0 N–H and O–H groups in total. The summed E-state index contributed by atoms with van der Waals surface area (Å²) in [6.07, 6.45) is 2.14. The molecule has 0 saturated heterocycles. The van der Waals surface area contributed by atoms with Gasteiger partial charge in [0.1, 0.15) is 6.61 Å². The van der Waals surface area contributed by atoms with E-state index < -0.39 is 23.3 Å². The Morgan fingerprint density at radius 2 is 1.14 bits per heavy atom. The summed E-state index contributed by atoms with van der Waals surface area (Å²) in [6, 6.07) is 19.3. The van der Waals surface area contributed by atoms with Crippen LogP contribution in [0.15, 0.2) is 85.5 Å². The Kier molecular flexibility index (Phi) is 7.74. The molecule has 0 bridgehead atoms. The van der Waals surface area contributed by atoms with Crippen molar-refractivity contribution in [3.63, 3.8) is 0 Å². The number of benzene rings is 4. The van der Waals surface area contributed by atoms with E-state index in [4.69, 9.17) is 9.47 Å². The van der Waals surface area contributed by atoms with Crippen LogP contribution in [0.4, 0.5) is 17.6 Å². The van der Waals surface area contributed by atoms with Crippen LogP contribution in [0.25, 0.3) is 22.3 Å².